The number of aromatic amines is 1. The Morgan fingerprint density at radius 3 is 2.46 bits per heavy atom. The fourth-order valence-electron chi connectivity index (χ4n) is 3.56. The third kappa shape index (κ3) is 3.89. The molecule has 2 aromatic heterocycles. The van der Waals surface area contributed by atoms with Gasteiger partial charge in [0.2, 0.25) is 0 Å². The Balaban J connectivity index is 2.05. The smallest absolute Gasteiger partial charge is 0.273 e. The monoisotopic (exact) mass is 380 g/mol. The van der Waals surface area contributed by atoms with Crippen molar-refractivity contribution in [3.63, 3.8) is 0 Å². The number of aromatic nitrogens is 3. The fourth-order valence-corrected chi connectivity index (χ4v) is 3.56. The van der Waals surface area contributed by atoms with E-state index in [9.17, 15) is 4.79 Å². The molecule has 0 fully saturated rings. The van der Waals surface area contributed by atoms with Crippen LogP contribution in [-0.4, -0.2) is 44.6 Å². The molecule has 0 spiro atoms. The van der Waals surface area contributed by atoms with Gasteiger partial charge in [0.25, 0.3) is 5.91 Å². The van der Waals surface area contributed by atoms with Crippen LogP contribution in [0.15, 0.2) is 29.1 Å². The van der Waals surface area contributed by atoms with Crippen LogP contribution in [0.5, 0.6) is 0 Å². The van der Waals surface area contributed by atoms with Crippen molar-refractivity contribution in [1.82, 2.24) is 25.3 Å². The van der Waals surface area contributed by atoms with Gasteiger partial charge in [0, 0.05) is 30.3 Å². The van der Waals surface area contributed by atoms with Gasteiger partial charge >= 0.3 is 0 Å². The quantitative estimate of drug-likeness (QED) is 0.723. The maximum Gasteiger partial charge on any atom is 0.273 e. The van der Waals surface area contributed by atoms with Gasteiger partial charge in [-0.05, 0) is 49.2 Å². The van der Waals surface area contributed by atoms with Gasteiger partial charge in [-0.2, -0.15) is 5.10 Å². The number of nitrogens with zero attached hydrogens (tertiary/aromatic N) is 4. The molecule has 2 N–H and O–H groups in total. The van der Waals surface area contributed by atoms with Crippen molar-refractivity contribution < 1.29 is 4.79 Å². The van der Waals surface area contributed by atoms with Gasteiger partial charge in [-0.3, -0.25) is 9.69 Å². The molecular weight excluding hydrogens is 352 g/mol. The van der Waals surface area contributed by atoms with Crippen molar-refractivity contribution in [2.45, 2.75) is 47.1 Å². The first kappa shape index (κ1) is 19.9. The summed E-state index contributed by atoms with van der Waals surface area (Å²) < 4.78 is 0. The lowest BCUT2D eigenvalue weighted by atomic mass is 9.95. The Labute approximate surface area is 166 Å². The molecule has 3 rings (SSSR count). The molecule has 0 radical (unpaired) electrons. The first-order valence-corrected chi connectivity index (χ1v) is 9.77. The molecule has 3 heterocycles. The van der Waals surface area contributed by atoms with E-state index in [0.717, 1.165) is 31.0 Å². The lowest BCUT2D eigenvalue weighted by molar-refractivity contribution is -0.116. The van der Waals surface area contributed by atoms with E-state index in [4.69, 9.17) is 0 Å². The number of hydrogen-bond acceptors (Lipinski definition) is 5. The van der Waals surface area contributed by atoms with Crippen molar-refractivity contribution in [3.8, 4) is 0 Å². The van der Waals surface area contributed by atoms with Gasteiger partial charge in [-0.1, -0.05) is 27.7 Å². The van der Waals surface area contributed by atoms with Crippen LogP contribution in [0.3, 0.4) is 0 Å². The molecule has 0 unspecified atom stereocenters. The zero-order valence-electron chi connectivity index (χ0n) is 17.2. The van der Waals surface area contributed by atoms with Gasteiger partial charge < -0.3 is 4.98 Å². The van der Waals surface area contributed by atoms with Crippen LogP contribution >= 0.6 is 0 Å². The number of carbonyl (C=O) groups is 1. The second-order valence-corrected chi connectivity index (χ2v) is 7.20. The second kappa shape index (κ2) is 8.48. The average Bonchev–Trinajstić information content (AvgIpc) is 3.20. The maximum absolute atomic E-state index is 12.4. The Bertz CT molecular complexity index is 906. The highest BCUT2D eigenvalue weighted by molar-refractivity contribution is 6.32. The Morgan fingerprint density at radius 1 is 1.18 bits per heavy atom. The minimum Gasteiger partial charge on any atom is -0.359 e. The number of hydrazone groups is 1. The Morgan fingerprint density at radius 2 is 1.86 bits per heavy atom. The van der Waals surface area contributed by atoms with Crippen molar-refractivity contribution in [1.29, 1.82) is 0 Å². The van der Waals surface area contributed by atoms with Gasteiger partial charge in [0.1, 0.15) is 5.71 Å². The number of amides is 1. The van der Waals surface area contributed by atoms with E-state index >= 15 is 0 Å². The van der Waals surface area contributed by atoms with Gasteiger partial charge in [-0.15, -0.1) is 0 Å². The summed E-state index contributed by atoms with van der Waals surface area (Å²) in [6.45, 7) is 13.7. The number of hydrogen-bond donors (Lipinski definition) is 2. The molecule has 0 aliphatic carbocycles. The molecule has 1 amide bonds. The van der Waals surface area contributed by atoms with E-state index in [2.05, 4.69) is 65.0 Å². The van der Waals surface area contributed by atoms with E-state index in [1.54, 1.807) is 18.5 Å². The highest BCUT2D eigenvalue weighted by atomic mass is 16.2. The largest absolute Gasteiger partial charge is 0.359 e. The first-order chi connectivity index (χ1) is 13.5. The summed E-state index contributed by atoms with van der Waals surface area (Å²) in [5.74, 6) is 0.514. The molecular formula is C21H28N6O. The van der Waals surface area contributed by atoms with Crippen LogP contribution in [0.4, 0.5) is 0 Å². The normalized spacial score (nSPS) is 15.6. The van der Waals surface area contributed by atoms with Crippen LogP contribution < -0.4 is 5.43 Å². The minimum atomic E-state index is -0.241. The van der Waals surface area contributed by atoms with Crippen molar-refractivity contribution in [2.75, 3.05) is 13.1 Å². The number of nitrogens with one attached hydrogen (secondary N) is 2. The molecule has 2 aromatic rings. The number of aryl methyl sites for hydroxylation is 1. The summed E-state index contributed by atoms with van der Waals surface area (Å²) in [6, 6.07) is 1.74. The highest BCUT2D eigenvalue weighted by Crippen LogP contribution is 2.30. The molecule has 0 saturated heterocycles. The summed E-state index contributed by atoms with van der Waals surface area (Å²) in [4.78, 5) is 26.8. The van der Waals surface area contributed by atoms with E-state index in [1.165, 1.54) is 11.1 Å². The summed E-state index contributed by atoms with van der Waals surface area (Å²) in [6.07, 6.45) is 5.17. The maximum atomic E-state index is 12.4. The van der Waals surface area contributed by atoms with Gasteiger partial charge in [0.05, 0.1) is 5.57 Å². The minimum absolute atomic E-state index is 0.241. The van der Waals surface area contributed by atoms with E-state index in [1.807, 2.05) is 6.08 Å². The third-order valence-corrected chi connectivity index (χ3v) is 5.08. The molecule has 0 bridgehead atoms. The molecule has 28 heavy (non-hydrogen) atoms. The lowest BCUT2D eigenvalue weighted by Gasteiger charge is -2.20. The molecule has 0 atom stereocenters. The molecule has 148 valence electrons. The zero-order chi connectivity index (χ0) is 20.3. The second-order valence-electron chi connectivity index (χ2n) is 7.20. The third-order valence-electron chi connectivity index (χ3n) is 5.08. The fraction of sp³-hybridized carbons (Fsp3) is 0.429. The van der Waals surface area contributed by atoms with Crippen molar-refractivity contribution in [2.24, 2.45) is 5.10 Å². The Kier molecular flexibility index (Phi) is 6.04. The van der Waals surface area contributed by atoms with Gasteiger partial charge in [0.15, 0.2) is 5.82 Å². The molecule has 0 aromatic carbocycles. The highest BCUT2D eigenvalue weighted by Gasteiger charge is 2.27. The number of rotatable bonds is 7. The van der Waals surface area contributed by atoms with Crippen LogP contribution in [0.25, 0.3) is 6.08 Å². The van der Waals surface area contributed by atoms with Crippen molar-refractivity contribution in [3.05, 3.63) is 52.4 Å². The lowest BCUT2D eigenvalue weighted by Crippen LogP contribution is -2.23. The first-order valence-electron chi connectivity index (χ1n) is 9.77. The van der Waals surface area contributed by atoms with Crippen LogP contribution in [0.2, 0.25) is 0 Å². The van der Waals surface area contributed by atoms with Crippen LogP contribution in [0.1, 0.15) is 62.0 Å². The zero-order valence-corrected chi connectivity index (χ0v) is 17.2. The number of carbonyl (C=O) groups excluding carboxylic acids is 1. The topological polar surface area (TPSA) is 86.3 Å². The van der Waals surface area contributed by atoms with Crippen LogP contribution in [-0.2, 0) is 11.3 Å². The Hall–Kier alpha value is -2.80. The van der Waals surface area contributed by atoms with E-state index in [-0.39, 0.29) is 5.91 Å². The van der Waals surface area contributed by atoms with E-state index in [0.29, 0.717) is 23.0 Å². The average molecular weight is 380 g/mol. The summed E-state index contributed by atoms with van der Waals surface area (Å²) in [7, 11) is 0. The standard InChI is InChI=1S/C21H28N6O/c1-6-27(7-2)12-16-14(5)24-17(18(16)13(3)4)11-15-19(25-26-21(15)28)20-22-9-8-10-23-20/h8-11,13,24H,6-7,12H2,1-5H3,(H,26,28). The predicted octanol–water partition coefficient (Wildman–Crippen LogP) is 3.00. The van der Waals surface area contributed by atoms with Crippen molar-refractivity contribution >= 4 is 17.7 Å². The van der Waals surface area contributed by atoms with E-state index < -0.39 is 0 Å². The SMILES string of the molecule is CCN(CC)Cc1c(C)[nH]c(C=C2C(=O)NN=C2c2ncccn2)c1C(C)C. The van der Waals surface area contributed by atoms with Gasteiger partial charge in [-0.25, -0.2) is 15.4 Å². The summed E-state index contributed by atoms with van der Waals surface area (Å²) in [5, 5.41) is 4.14. The summed E-state index contributed by atoms with van der Waals surface area (Å²) >= 11 is 0. The molecule has 1 aliphatic heterocycles. The number of H-pyrrole nitrogens is 1. The molecule has 7 nitrogen and oxygen atoms in total. The molecule has 1 aliphatic rings. The predicted molar refractivity (Wildman–Crippen MR) is 111 cm³/mol. The molecule has 0 saturated carbocycles. The van der Waals surface area contributed by atoms with Crippen LogP contribution in [0, 0.1) is 6.92 Å². The molecule has 7 heteroatoms. The summed E-state index contributed by atoms with van der Waals surface area (Å²) in [5.41, 5.74) is 8.11.